The van der Waals surface area contributed by atoms with E-state index in [1.54, 1.807) is 6.07 Å². The molecule has 0 saturated carbocycles. The fourth-order valence-electron chi connectivity index (χ4n) is 1.04. The van der Waals surface area contributed by atoms with Gasteiger partial charge in [-0.25, -0.2) is 0 Å². The molecule has 0 unspecified atom stereocenters. The van der Waals surface area contributed by atoms with E-state index < -0.39 is 0 Å². The Kier molecular flexibility index (Phi) is 1.88. The lowest BCUT2D eigenvalue weighted by atomic mass is 10.2. The summed E-state index contributed by atoms with van der Waals surface area (Å²) in [7, 11) is 0. The second-order valence-electron chi connectivity index (χ2n) is 2.39. The van der Waals surface area contributed by atoms with E-state index in [-0.39, 0.29) is 0 Å². The molecule has 2 rings (SSSR count). The molecule has 1 nitrogen and oxygen atoms in total. The molecule has 1 aromatic heterocycles. The first-order chi connectivity index (χ1) is 5.88. The molecule has 12 heavy (non-hydrogen) atoms. The summed E-state index contributed by atoms with van der Waals surface area (Å²) in [6.07, 6.45) is 1.51. The van der Waals surface area contributed by atoms with Crippen molar-refractivity contribution in [3.05, 3.63) is 47.7 Å². The molecule has 1 radical (unpaired) electrons. The third-order valence-corrected chi connectivity index (χ3v) is 1.94. The molecular weight excluding hydrogens is 172 g/mol. The predicted molar refractivity (Wildman–Crippen MR) is 48.0 cm³/mol. The fourth-order valence-corrected chi connectivity index (χ4v) is 1.27. The van der Waals surface area contributed by atoms with Crippen LogP contribution in [0.1, 0.15) is 0 Å². The molecule has 59 valence electrons. The van der Waals surface area contributed by atoms with Gasteiger partial charge in [-0.3, -0.25) is 0 Å². The molecular formula is C10H6ClO. The molecule has 0 saturated heterocycles. The monoisotopic (exact) mass is 177 g/mol. The molecule has 0 spiro atoms. The molecule has 0 N–H and O–H groups in total. The lowest BCUT2D eigenvalue weighted by Crippen LogP contribution is -1.73. The highest BCUT2D eigenvalue weighted by atomic mass is 35.5. The summed E-state index contributed by atoms with van der Waals surface area (Å²) in [5.41, 5.74) is 0.903. The van der Waals surface area contributed by atoms with Crippen molar-refractivity contribution in [1.82, 2.24) is 0 Å². The Morgan fingerprint density at radius 2 is 2.08 bits per heavy atom. The third-order valence-electron chi connectivity index (χ3n) is 1.61. The van der Waals surface area contributed by atoms with Gasteiger partial charge >= 0.3 is 0 Å². The number of benzene rings is 1. The summed E-state index contributed by atoms with van der Waals surface area (Å²) in [6.45, 7) is 0. The lowest BCUT2D eigenvalue weighted by molar-refractivity contribution is 0.582. The van der Waals surface area contributed by atoms with Crippen LogP contribution >= 0.6 is 11.6 Å². The number of hydrogen-bond donors (Lipinski definition) is 0. The van der Waals surface area contributed by atoms with Crippen LogP contribution in [-0.2, 0) is 0 Å². The van der Waals surface area contributed by atoms with Crippen molar-refractivity contribution >= 4 is 11.6 Å². The van der Waals surface area contributed by atoms with Gasteiger partial charge in [-0.1, -0.05) is 23.7 Å². The largest absolute Gasteiger partial charge is 0.464 e. The van der Waals surface area contributed by atoms with E-state index in [9.17, 15) is 0 Å². The van der Waals surface area contributed by atoms with Gasteiger partial charge in [0, 0.05) is 11.6 Å². The van der Waals surface area contributed by atoms with Crippen molar-refractivity contribution in [1.29, 1.82) is 0 Å². The first kappa shape index (κ1) is 7.44. The van der Waals surface area contributed by atoms with Gasteiger partial charge in [-0.05, 0) is 18.2 Å². The van der Waals surface area contributed by atoms with E-state index in [0.717, 1.165) is 11.3 Å². The Labute approximate surface area is 75.6 Å². The van der Waals surface area contributed by atoms with Gasteiger partial charge in [-0.15, -0.1) is 0 Å². The number of halogens is 1. The third kappa shape index (κ3) is 1.23. The van der Waals surface area contributed by atoms with Crippen molar-refractivity contribution in [2.75, 3.05) is 0 Å². The summed E-state index contributed by atoms with van der Waals surface area (Å²) >= 11 is 5.94. The Balaban J connectivity index is 2.55. The minimum absolute atomic E-state index is 0.695. The van der Waals surface area contributed by atoms with Gasteiger partial charge in [-0.2, -0.15) is 0 Å². The maximum Gasteiger partial charge on any atom is 0.136 e. The Morgan fingerprint density at radius 3 is 2.75 bits per heavy atom. The van der Waals surface area contributed by atoms with E-state index in [1.807, 2.05) is 24.3 Å². The van der Waals surface area contributed by atoms with Crippen LogP contribution in [0.5, 0.6) is 0 Å². The van der Waals surface area contributed by atoms with E-state index in [2.05, 4.69) is 6.07 Å². The zero-order valence-corrected chi connectivity index (χ0v) is 7.01. The summed E-state index contributed by atoms with van der Waals surface area (Å²) in [5, 5.41) is 0.695. The van der Waals surface area contributed by atoms with E-state index in [0.29, 0.717) is 5.02 Å². The van der Waals surface area contributed by atoms with Crippen LogP contribution in [0.2, 0.25) is 5.02 Å². The highest BCUT2D eigenvalue weighted by molar-refractivity contribution is 6.33. The smallest absolute Gasteiger partial charge is 0.136 e. The number of hydrogen-bond acceptors (Lipinski definition) is 1. The molecule has 0 amide bonds. The molecule has 2 aromatic rings. The molecule has 0 aliphatic carbocycles. The van der Waals surface area contributed by atoms with Crippen LogP contribution in [0.25, 0.3) is 11.3 Å². The van der Waals surface area contributed by atoms with E-state index >= 15 is 0 Å². The quantitative estimate of drug-likeness (QED) is 0.651. The number of rotatable bonds is 1. The van der Waals surface area contributed by atoms with Crippen molar-refractivity contribution < 1.29 is 4.42 Å². The molecule has 0 aliphatic heterocycles. The zero-order valence-electron chi connectivity index (χ0n) is 6.25. The van der Waals surface area contributed by atoms with E-state index in [4.69, 9.17) is 16.0 Å². The molecule has 0 atom stereocenters. The van der Waals surface area contributed by atoms with Crippen molar-refractivity contribution in [3.8, 4) is 11.3 Å². The summed E-state index contributed by atoms with van der Waals surface area (Å²) in [5.74, 6) is 0.751. The average molecular weight is 178 g/mol. The topological polar surface area (TPSA) is 13.1 Å². The summed E-state index contributed by atoms with van der Waals surface area (Å²) < 4.78 is 5.16. The van der Waals surface area contributed by atoms with Crippen LogP contribution in [0.3, 0.4) is 0 Å². The zero-order chi connectivity index (χ0) is 8.39. The van der Waals surface area contributed by atoms with Gasteiger partial charge in [0.25, 0.3) is 0 Å². The standard InChI is InChI=1S/C10H6ClO/c11-9-5-2-1-4-8(9)10-6-3-7-12-10/h1-2,4-7H. The minimum atomic E-state index is 0.695. The molecule has 1 aromatic carbocycles. The SMILES string of the molecule is Clc1ccccc1-c1c[c]co1. The van der Waals surface area contributed by atoms with Crippen LogP contribution in [0.15, 0.2) is 41.0 Å². The summed E-state index contributed by atoms with van der Waals surface area (Å²) in [6, 6.07) is 12.1. The van der Waals surface area contributed by atoms with Crippen molar-refractivity contribution in [2.45, 2.75) is 0 Å². The van der Waals surface area contributed by atoms with Gasteiger partial charge in [0.1, 0.15) is 5.76 Å². The van der Waals surface area contributed by atoms with Gasteiger partial charge in [0.2, 0.25) is 0 Å². The second-order valence-corrected chi connectivity index (χ2v) is 2.80. The van der Waals surface area contributed by atoms with E-state index in [1.165, 1.54) is 6.26 Å². The molecule has 0 fully saturated rings. The fraction of sp³-hybridized carbons (Fsp3) is 0. The van der Waals surface area contributed by atoms with Gasteiger partial charge < -0.3 is 4.42 Å². The maximum atomic E-state index is 5.94. The lowest BCUT2D eigenvalue weighted by Gasteiger charge is -1.97. The molecule has 0 bridgehead atoms. The normalized spacial score (nSPS) is 10.1. The second kappa shape index (κ2) is 3.03. The highest BCUT2D eigenvalue weighted by Crippen LogP contribution is 2.27. The van der Waals surface area contributed by atoms with Gasteiger partial charge in [0.15, 0.2) is 0 Å². The number of furan rings is 1. The van der Waals surface area contributed by atoms with Crippen molar-refractivity contribution in [2.24, 2.45) is 0 Å². The first-order valence-corrected chi connectivity index (χ1v) is 3.95. The highest BCUT2D eigenvalue weighted by Gasteiger charge is 2.03. The van der Waals surface area contributed by atoms with Crippen LogP contribution in [-0.4, -0.2) is 0 Å². The van der Waals surface area contributed by atoms with Crippen LogP contribution < -0.4 is 0 Å². The maximum absolute atomic E-state index is 5.94. The average Bonchev–Trinajstić information content (AvgIpc) is 2.57. The molecule has 2 heteroatoms. The van der Waals surface area contributed by atoms with Crippen LogP contribution in [0, 0.1) is 6.07 Å². The van der Waals surface area contributed by atoms with Crippen LogP contribution in [0.4, 0.5) is 0 Å². The molecule has 0 aliphatic rings. The minimum Gasteiger partial charge on any atom is -0.464 e. The first-order valence-electron chi connectivity index (χ1n) is 3.57. The Morgan fingerprint density at radius 1 is 1.25 bits per heavy atom. The molecule has 1 heterocycles. The Hall–Kier alpha value is -1.21. The predicted octanol–water partition coefficient (Wildman–Crippen LogP) is 3.40. The van der Waals surface area contributed by atoms with Crippen molar-refractivity contribution in [3.63, 3.8) is 0 Å². The Bertz CT molecular complexity index is 365. The van der Waals surface area contributed by atoms with Gasteiger partial charge in [0.05, 0.1) is 11.3 Å². The summed E-state index contributed by atoms with van der Waals surface area (Å²) in [4.78, 5) is 0.